The van der Waals surface area contributed by atoms with Gasteiger partial charge in [-0.3, -0.25) is 19.8 Å². The molecule has 0 bridgehead atoms. The maximum absolute atomic E-state index is 14.5. The Kier molecular flexibility index (Phi) is 5.24. The third kappa shape index (κ3) is 3.77. The van der Waals surface area contributed by atoms with Crippen molar-refractivity contribution in [2.24, 2.45) is 4.99 Å². The molecule has 0 saturated carbocycles. The SMILES string of the molecule is O=C1/C(=C\c2ccc([N+](=O)[O-])cc2)N=C(c2ccccc2F)N1c1cccc(Br)c1. The fourth-order valence-electron chi connectivity index (χ4n) is 3.04. The van der Waals surface area contributed by atoms with Gasteiger partial charge in [0.05, 0.1) is 16.2 Å². The highest BCUT2D eigenvalue weighted by molar-refractivity contribution is 9.10. The zero-order valence-electron chi connectivity index (χ0n) is 15.3. The van der Waals surface area contributed by atoms with E-state index in [2.05, 4.69) is 20.9 Å². The minimum Gasteiger partial charge on any atom is -0.266 e. The smallest absolute Gasteiger partial charge is 0.266 e. The lowest BCUT2D eigenvalue weighted by molar-refractivity contribution is -0.384. The molecule has 3 aromatic carbocycles. The maximum atomic E-state index is 14.5. The van der Waals surface area contributed by atoms with Gasteiger partial charge < -0.3 is 0 Å². The molecule has 0 spiro atoms. The monoisotopic (exact) mass is 465 g/mol. The van der Waals surface area contributed by atoms with Gasteiger partial charge in [-0.25, -0.2) is 9.38 Å². The topological polar surface area (TPSA) is 75.8 Å². The molecular weight excluding hydrogens is 453 g/mol. The highest BCUT2D eigenvalue weighted by atomic mass is 79.9. The average molecular weight is 466 g/mol. The van der Waals surface area contributed by atoms with Crippen molar-refractivity contribution in [3.05, 3.63) is 110 Å². The van der Waals surface area contributed by atoms with E-state index in [0.717, 1.165) is 4.47 Å². The number of non-ortho nitro benzene ring substituents is 1. The Morgan fingerprint density at radius 3 is 2.43 bits per heavy atom. The number of amidine groups is 1. The number of anilines is 1. The number of halogens is 2. The van der Waals surface area contributed by atoms with E-state index in [-0.39, 0.29) is 22.8 Å². The molecule has 8 heteroatoms. The standard InChI is InChI=1S/C22H13BrFN3O3/c23-15-4-3-5-17(13-15)26-21(18-6-1-2-7-19(18)24)25-20(22(26)28)12-14-8-10-16(11-9-14)27(29)30/h1-13H/b20-12+. The molecule has 0 unspecified atom stereocenters. The Morgan fingerprint density at radius 2 is 1.77 bits per heavy atom. The molecule has 1 aliphatic rings. The van der Waals surface area contributed by atoms with E-state index in [0.29, 0.717) is 11.3 Å². The molecule has 30 heavy (non-hydrogen) atoms. The number of aliphatic imine (C=N–C) groups is 1. The summed E-state index contributed by atoms with van der Waals surface area (Å²) in [6, 6.07) is 18.9. The second-order valence-electron chi connectivity index (χ2n) is 6.41. The van der Waals surface area contributed by atoms with Crippen molar-refractivity contribution in [1.29, 1.82) is 0 Å². The number of hydrogen-bond acceptors (Lipinski definition) is 4. The average Bonchev–Trinajstić information content (AvgIpc) is 3.04. The van der Waals surface area contributed by atoms with Crippen LogP contribution >= 0.6 is 15.9 Å². The first-order chi connectivity index (χ1) is 14.4. The molecule has 0 saturated heterocycles. The van der Waals surface area contributed by atoms with Gasteiger partial charge in [0.15, 0.2) is 5.84 Å². The van der Waals surface area contributed by atoms with Gasteiger partial charge in [-0.05, 0) is 54.1 Å². The van der Waals surface area contributed by atoms with Crippen LogP contribution in [0.5, 0.6) is 0 Å². The van der Waals surface area contributed by atoms with Crippen molar-refractivity contribution in [3.63, 3.8) is 0 Å². The number of nitrogens with zero attached hydrogens (tertiary/aromatic N) is 3. The number of carbonyl (C=O) groups excluding carboxylic acids is 1. The van der Waals surface area contributed by atoms with E-state index in [1.807, 2.05) is 6.07 Å². The molecule has 3 aromatic rings. The Bertz CT molecular complexity index is 1220. The zero-order valence-corrected chi connectivity index (χ0v) is 16.9. The van der Waals surface area contributed by atoms with Crippen molar-refractivity contribution in [2.75, 3.05) is 4.90 Å². The van der Waals surface area contributed by atoms with Gasteiger partial charge in [0.2, 0.25) is 0 Å². The Labute approximate surface area is 179 Å². The highest BCUT2D eigenvalue weighted by Gasteiger charge is 2.33. The number of benzene rings is 3. The quantitative estimate of drug-likeness (QED) is 0.296. The van der Waals surface area contributed by atoms with Crippen molar-refractivity contribution in [2.45, 2.75) is 0 Å². The summed E-state index contributed by atoms with van der Waals surface area (Å²) in [5.41, 5.74) is 1.33. The molecule has 0 fully saturated rings. The first-order valence-corrected chi connectivity index (χ1v) is 9.63. The Morgan fingerprint density at radius 1 is 1.03 bits per heavy atom. The third-order valence-electron chi connectivity index (χ3n) is 4.45. The van der Waals surface area contributed by atoms with Crippen LogP contribution in [-0.2, 0) is 4.79 Å². The summed E-state index contributed by atoms with van der Waals surface area (Å²) in [5, 5.41) is 10.8. The lowest BCUT2D eigenvalue weighted by Gasteiger charge is -2.19. The van der Waals surface area contributed by atoms with Gasteiger partial charge in [-0.1, -0.05) is 34.1 Å². The summed E-state index contributed by atoms with van der Waals surface area (Å²) in [5.74, 6) is -0.755. The van der Waals surface area contributed by atoms with Crippen LogP contribution in [-0.4, -0.2) is 16.7 Å². The molecule has 1 aliphatic heterocycles. The summed E-state index contributed by atoms with van der Waals surface area (Å²) < 4.78 is 15.3. The molecule has 1 heterocycles. The Balaban J connectivity index is 1.82. The van der Waals surface area contributed by atoms with Crippen molar-refractivity contribution in [1.82, 2.24) is 0 Å². The van der Waals surface area contributed by atoms with Crippen LogP contribution in [0.3, 0.4) is 0 Å². The lowest BCUT2D eigenvalue weighted by atomic mass is 10.1. The number of nitro groups is 1. The second kappa shape index (κ2) is 8.00. The highest BCUT2D eigenvalue weighted by Crippen LogP contribution is 2.30. The molecule has 0 N–H and O–H groups in total. The number of hydrogen-bond donors (Lipinski definition) is 0. The Hall–Kier alpha value is -3.65. The molecule has 4 rings (SSSR count). The molecule has 1 amide bonds. The van der Waals surface area contributed by atoms with Crippen LogP contribution in [0.2, 0.25) is 0 Å². The summed E-state index contributed by atoms with van der Waals surface area (Å²) >= 11 is 3.39. The van der Waals surface area contributed by atoms with Crippen LogP contribution < -0.4 is 4.90 Å². The van der Waals surface area contributed by atoms with E-state index in [4.69, 9.17) is 0 Å². The van der Waals surface area contributed by atoms with Gasteiger partial charge in [-0.15, -0.1) is 0 Å². The summed E-state index contributed by atoms with van der Waals surface area (Å²) in [6.07, 6.45) is 1.52. The number of amides is 1. The van der Waals surface area contributed by atoms with E-state index in [1.54, 1.807) is 36.4 Å². The lowest BCUT2D eigenvalue weighted by Crippen LogP contribution is -2.33. The summed E-state index contributed by atoms with van der Waals surface area (Å²) in [4.78, 5) is 29.3. The van der Waals surface area contributed by atoms with Crippen molar-refractivity contribution < 1.29 is 14.1 Å². The fraction of sp³-hybridized carbons (Fsp3) is 0. The second-order valence-corrected chi connectivity index (χ2v) is 7.33. The minimum absolute atomic E-state index is 0.0544. The van der Waals surface area contributed by atoms with E-state index >= 15 is 0 Å². The van der Waals surface area contributed by atoms with E-state index in [1.165, 1.54) is 41.3 Å². The molecule has 148 valence electrons. The number of nitro benzene ring substituents is 1. The van der Waals surface area contributed by atoms with Crippen LogP contribution in [0.25, 0.3) is 6.08 Å². The van der Waals surface area contributed by atoms with E-state index in [9.17, 15) is 19.3 Å². The molecule has 0 radical (unpaired) electrons. The van der Waals surface area contributed by atoms with Crippen molar-refractivity contribution in [3.8, 4) is 0 Å². The largest absolute Gasteiger partial charge is 0.282 e. The first-order valence-electron chi connectivity index (χ1n) is 8.84. The molecular formula is C22H13BrFN3O3. The predicted molar refractivity (Wildman–Crippen MR) is 116 cm³/mol. The number of carbonyl (C=O) groups is 1. The maximum Gasteiger partial charge on any atom is 0.282 e. The summed E-state index contributed by atoms with van der Waals surface area (Å²) in [6.45, 7) is 0. The molecule has 0 aliphatic carbocycles. The molecule has 6 nitrogen and oxygen atoms in total. The first kappa shape index (κ1) is 19.7. The summed E-state index contributed by atoms with van der Waals surface area (Å²) in [7, 11) is 0. The zero-order chi connectivity index (χ0) is 21.3. The van der Waals surface area contributed by atoms with Crippen LogP contribution in [0.15, 0.2) is 88.0 Å². The van der Waals surface area contributed by atoms with Gasteiger partial charge >= 0.3 is 0 Å². The van der Waals surface area contributed by atoms with Crippen LogP contribution in [0, 0.1) is 15.9 Å². The van der Waals surface area contributed by atoms with Gasteiger partial charge in [0, 0.05) is 16.6 Å². The molecule has 0 aromatic heterocycles. The fourth-order valence-corrected chi connectivity index (χ4v) is 3.43. The molecule has 0 atom stereocenters. The normalized spacial score (nSPS) is 14.9. The minimum atomic E-state index is -0.499. The number of rotatable bonds is 4. The third-order valence-corrected chi connectivity index (χ3v) is 4.94. The predicted octanol–water partition coefficient (Wildman–Crippen LogP) is 5.33. The van der Waals surface area contributed by atoms with Crippen molar-refractivity contribution >= 4 is 45.1 Å². The van der Waals surface area contributed by atoms with Crippen LogP contribution in [0.1, 0.15) is 11.1 Å². The van der Waals surface area contributed by atoms with Gasteiger partial charge in [0.25, 0.3) is 11.6 Å². The van der Waals surface area contributed by atoms with Gasteiger partial charge in [0.1, 0.15) is 11.5 Å². The van der Waals surface area contributed by atoms with Gasteiger partial charge in [-0.2, -0.15) is 0 Å². The van der Waals surface area contributed by atoms with Crippen LogP contribution in [0.4, 0.5) is 15.8 Å². The van der Waals surface area contributed by atoms with E-state index < -0.39 is 16.6 Å².